The van der Waals surface area contributed by atoms with Crippen LogP contribution in [0.15, 0.2) is 9.21 Å². The quantitative estimate of drug-likeness (QED) is 0.515. The zero-order valence-electron chi connectivity index (χ0n) is 11.4. The van der Waals surface area contributed by atoms with E-state index in [9.17, 15) is 0 Å². The summed E-state index contributed by atoms with van der Waals surface area (Å²) < 4.78 is 14.6. The molecule has 1 heterocycles. The van der Waals surface area contributed by atoms with Gasteiger partial charge in [-0.25, -0.2) is 0 Å². The maximum absolute atomic E-state index is 5.71. The Morgan fingerprint density at radius 3 is 2.50 bits per heavy atom. The summed E-state index contributed by atoms with van der Waals surface area (Å²) in [6.07, 6.45) is 0. The third-order valence-corrected chi connectivity index (χ3v) is 6.31. The molecule has 0 aromatic carbocycles. The Morgan fingerprint density at radius 1 is 1.28 bits per heavy atom. The summed E-state index contributed by atoms with van der Waals surface area (Å²) in [5.74, 6) is 0. The van der Waals surface area contributed by atoms with E-state index >= 15 is 0 Å². The maximum atomic E-state index is 5.71. The Bertz CT molecular complexity index is 391. The van der Waals surface area contributed by atoms with Gasteiger partial charge in [-0.1, -0.05) is 0 Å². The molecule has 1 aromatic heterocycles. The van der Waals surface area contributed by atoms with Crippen molar-refractivity contribution in [2.24, 2.45) is 0 Å². The summed E-state index contributed by atoms with van der Waals surface area (Å²) in [6.45, 7) is 10.9. The van der Waals surface area contributed by atoms with Gasteiger partial charge in [0.1, 0.15) is 0 Å². The number of imidazole rings is 1. The monoisotopic (exact) mass is 399 g/mol. The van der Waals surface area contributed by atoms with Crippen molar-refractivity contribution in [1.29, 1.82) is 0 Å². The van der Waals surface area contributed by atoms with E-state index in [2.05, 4.69) is 56.5 Å². The summed E-state index contributed by atoms with van der Waals surface area (Å²) >= 11 is 6.84. The Hall–Kier alpha value is 0.147. The van der Waals surface area contributed by atoms with Crippen LogP contribution in [0.25, 0.3) is 0 Å². The molecule has 4 nitrogen and oxygen atoms in total. The molecule has 7 heteroatoms. The van der Waals surface area contributed by atoms with Gasteiger partial charge in [-0.15, -0.1) is 0 Å². The van der Waals surface area contributed by atoms with E-state index in [1.807, 2.05) is 11.5 Å². The van der Waals surface area contributed by atoms with Crippen LogP contribution in [-0.2, 0) is 11.5 Å². The molecule has 0 aliphatic rings. The molecule has 0 saturated carbocycles. The van der Waals surface area contributed by atoms with Crippen LogP contribution < -0.4 is 4.74 Å². The molecule has 0 atom stereocenters. The molecule has 0 aliphatic carbocycles. The fraction of sp³-hybridized carbons (Fsp3) is 0.727. The standard InChI is InChI=1S/C11H21Br2N2O2Si/c1-5-17-11-14-9(12)10(13)15(11)8-16-6-7-18(2,3)4/h18H,5-8H2,1-4H3/q-1. The molecule has 1 aromatic rings. The zero-order chi connectivity index (χ0) is 13.8. The molecule has 0 saturated heterocycles. The second-order valence-electron chi connectivity index (χ2n) is 5.62. The molecule has 0 N–H and O–H groups in total. The number of halogens is 2. The third kappa shape index (κ3) is 5.03. The normalized spacial score (nSPS) is 12.8. The van der Waals surface area contributed by atoms with E-state index < -0.39 is 8.07 Å². The minimum absolute atomic E-state index is 0.462. The van der Waals surface area contributed by atoms with Crippen molar-refractivity contribution < 1.29 is 9.47 Å². The first-order valence-electron chi connectivity index (χ1n) is 6.26. The average Bonchev–Trinajstić information content (AvgIpc) is 2.50. The summed E-state index contributed by atoms with van der Waals surface area (Å²) in [5.41, 5.74) is 0. The molecule has 106 valence electrons. The van der Waals surface area contributed by atoms with Crippen LogP contribution >= 0.6 is 31.9 Å². The molecule has 0 radical (unpaired) electrons. The molecular weight excluding hydrogens is 380 g/mol. The third-order valence-electron chi connectivity index (χ3n) is 2.45. The van der Waals surface area contributed by atoms with Crippen molar-refractivity contribution >= 4 is 39.9 Å². The van der Waals surface area contributed by atoms with Crippen LogP contribution in [0.3, 0.4) is 0 Å². The van der Waals surface area contributed by atoms with E-state index in [1.54, 1.807) is 0 Å². The van der Waals surface area contributed by atoms with E-state index in [0.29, 0.717) is 19.3 Å². The van der Waals surface area contributed by atoms with Gasteiger partial charge in [0.15, 0.2) is 0 Å². The fourth-order valence-corrected chi connectivity index (χ4v) is 2.91. The number of hydrogen-bond acceptors (Lipinski definition) is 3. The van der Waals surface area contributed by atoms with Crippen LogP contribution in [0.2, 0.25) is 25.7 Å². The molecule has 0 aliphatic heterocycles. The summed E-state index contributed by atoms with van der Waals surface area (Å²) in [6, 6.07) is 1.76. The van der Waals surface area contributed by atoms with Crippen LogP contribution in [0.1, 0.15) is 6.92 Å². The van der Waals surface area contributed by atoms with Gasteiger partial charge in [-0.2, -0.15) is 0 Å². The van der Waals surface area contributed by atoms with Crippen molar-refractivity contribution in [2.75, 3.05) is 13.2 Å². The molecule has 1 rings (SSSR count). The number of rotatable bonds is 7. The van der Waals surface area contributed by atoms with Gasteiger partial charge in [0, 0.05) is 0 Å². The van der Waals surface area contributed by atoms with E-state index in [4.69, 9.17) is 9.47 Å². The molecular formula is C11H21Br2N2O2Si-. The SMILES string of the molecule is CCOc1nc(Br)c(Br)n1COCC[SiH-](C)(C)C. The van der Waals surface area contributed by atoms with Gasteiger partial charge in [-0.3, -0.25) is 0 Å². The van der Waals surface area contributed by atoms with Gasteiger partial charge < -0.3 is 0 Å². The second kappa shape index (κ2) is 7.07. The summed E-state index contributed by atoms with van der Waals surface area (Å²) in [4.78, 5) is 4.27. The first kappa shape index (κ1) is 16.2. The van der Waals surface area contributed by atoms with Gasteiger partial charge in [0.2, 0.25) is 0 Å². The Morgan fingerprint density at radius 2 is 1.94 bits per heavy atom. The fourth-order valence-electron chi connectivity index (χ4n) is 1.33. The zero-order valence-corrected chi connectivity index (χ0v) is 15.7. The summed E-state index contributed by atoms with van der Waals surface area (Å²) in [5, 5.41) is 0. The number of aromatic nitrogens is 2. The first-order valence-corrected chi connectivity index (χ1v) is 12.1. The van der Waals surface area contributed by atoms with Crippen molar-refractivity contribution in [1.82, 2.24) is 9.55 Å². The van der Waals surface area contributed by atoms with Crippen molar-refractivity contribution in [3.8, 4) is 6.01 Å². The van der Waals surface area contributed by atoms with Crippen molar-refractivity contribution in [3.63, 3.8) is 0 Å². The Labute approximate surface area is 126 Å². The first-order chi connectivity index (χ1) is 8.35. The minimum atomic E-state index is -1.30. The Kier molecular flexibility index (Phi) is 6.36. The van der Waals surface area contributed by atoms with Crippen LogP contribution in [0.5, 0.6) is 6.01 Å². The molecule has 0 bridgehead atoms. The predicted octanol–water partition coefficient (Wildman–Crippen LogP) is 3.85. The van der Waals surface area contributed by atoms with E-state index in [1.165, 1.54) is 6.04 Å². The van der Waals surface area contributed by atoms with Crippen molar-refractivity contribution in [3.05, 3.63) is 9.21 Å². The van der Waals surface area contributed by atoms with Crippen LogP contribution in [0.4, 0.5) is 0 Å². The average molecular weight is 401 g/mol. The molecule has 0 unspecified atom stereocenters. The number of hydrogen-bond donors (Lipinski definition) is 0. The number of ether oxygens (including phenoxy) is 2. The van der Waals surface area contributed by atoms with Crippen LogP contribution in [0, 0.1) is 0 Å². The van der Waals surface area contributed by atoms with Gasteiger partial charge in [0.05, 0.1) is 0 Å². The summed E-state index contributed by atoms with van der Waals surface area (Å²) in [7, 11) is -1.30. The second-order valence-corrected chi connectivity index (χ2v) is 13.6. The number of nitrogens with zero attached hydrogens (tertiary/aromatic N) is 2. The molecule has 18 heavy (non-hydrogen) atoms. The molecule has 0 fully saturated rings. The van der Waals surface area contributed by atoms with Gasteiger partial charge >= 0.3 is 127 Å². The topological polar surface area (TPSA) is 36.3 Å². The van der Waals surface area contributed by atoms with Gasteiger partial charge in [-0.05, 0) is 0 Å². The Balaban J connectivity index is 2.55. The van der Waals surface area contributed by atoms with E-state index in [-0.39, 0.29) is 0 Å². The van der Waals surface area contributed by atoms with Crippen LogP contribution in [-0.4, -0.2) is 30.8 Å². The van der Waals surface area contributed by atoms with E-state index in [0.717, 1.165) is 15.8 Å². The molecule has 0 amide bonds. The van der Waals surface area contributed by atoms with Crippen molar-refractivity contribution in [2.45, 2.75) is 39.3 Å². The van der Waals surface area contributed by atoms with Gasteiger partial charge in [0.25, 0.3) is 0 Å². The molecule has 0 spiro atoms. The predicted molar refractivity (Wildman–Crippen MR) is 84.3 cm³/mol.